The molecule has 92 valence electrons. The standard InChI is InChI=1S/C11H19ClN2O2/c1-13(10(15)5-4-6-12)9-11(16)14-7-2-3-8-14/h2-9H2,1H3. The first kappa shape index (κ1) is 13.3. The van der Waals surface area contributed by atoms with Crippen LogP contribution in [0.15, 0.2) is 0 Å². The highest BCUT2D eigenvalue weighted by molar-refractivity contribution is 6.17. The van der Waals surface area contributed by atoms with Crippen LogP contribution in [0.3, 0.4) is 0 Å². The van der Waals surface area contributed by atoms with E-state index >= 15 is 0 Å². The Morgan fingerprint density at radius 1 is 1.31 bits per heavy atom. The number of amides is 2. The average Bonchev–Trinajstić information content (AvgIpc) is 2.79. The Labute approximate surface area is 102 Å². The van der Waals surface area contributed by atoms with Gasteiger partial charge in [-0.25, -0.2) is 0 Å². The van der Waals surface area contributed by atoms with E-state index in [1.54, 1.807) is 7.05 Å². The smallest absolute Gasteiger partial charge is 0.242 e. The molecular weight excluding hydrogens is 228 g/mol. The normalized spacial score (nSPS) is 15.2. The van der Waals surface area contributed by atoms with Gasteiger partial charge in [0, 0.05) is 32.4 Å². The van der Waals surface area contributed by atoms with Gasteiger partial charge in [-0.1, -0.05) is 0 Å². The Morgan fingerprint density at radius 3 is 2.50 bits per heavy atom. The molecule has 0 saturated carbocycles. The van der Waals surface area contributed by atoms with E-state index in [9.17, 15) is 9.59 Å². The van der Waals surface area contributed by atoms with Gasteiger partial charge in [-0.2, -0.15) is 0 Å². The Morgan fingerprint density at radius 2 is 1.94 bits per heavy atom. The molecule has 1 fully saturated rings. The van der Waals surface area contributed by atoms with Crippen molar-refractivity contribution in [2.75, 3.05) is 32.6 Å². The lowest BCUT2D eigenvalue weighted by Crippen LogP contribution is -2.39. The van der Waals surface area contributed by atoms with Gasteiger partial charge in [-0.3, -0.25) is 9.59 Å². The zero-order chi connectivity index (χ0) is 12.0. The van der Waals surface area contributed by atoms with Crippen molar-refractivity contribution >= 4 is 23.4 Å². The number of hydrogen-bond acceptors (Lipinski definition) is 2. The van der Waals surface area contributed by atoms with Gasteiger partial charge in [0.15, 0.2) is 0 Å². The molecule has 0 bridgehead atoms. The highest BCUT2D eigenvalue weighted by atomic mass is 35.5. The molecule has 0 aromatic heterocycles. The molecule has 0 unspecified atom stereocenters. The number of alkyl halides is 1. The summed E-state index contributed by atoms with van der Waals surface area (Å²) in [4.78, 5) is 26.6. The van der Waals surface area contributed by atoms with E-state index in [1.165, 1.54) is 4.90 Å². The summed E-state index contributed by atoms with van der Waals surface area (Å²) in [6.45, 7) is 1.87. The third kappa shape index (κ3) is 4.00. The SMILES string of the molecule is CN(CC(=O)N1CCCC1)C(=O)CCCCl. The van der Waals surface area contributed by atoms with Crippen molar-refractivity contribution in [1.29, 1.82) is 0 Å². The summed E-state index contributed by atoms with van der Waals surface area (Å²) in [6, 6.07) is 0. The zero-order valence-electron chi connectivity index (χ0n) is 9.75. The summed E-state index contributed by atoms with van der Waals surface area (Å²) in [5, 5.41) is 0. The van der Waals surface area contributed by atoms with Gasteiger partial charge in [0.1, 0.15) is 0 Å². The molecule has 0 spiro atoms. The Kier molecular flexibility index (Phi) is 5.60. The fourth-order valence-corrected chi connectivity index (χ4v) is 1.90. The van der Waals surface area contributed by atoms with Crippen LogP contribution in [0.1, 0.15) is 25.7 Å². The fraction of sp³-hybridized carbons (Fsp3) is 0.818. The number of carbonyl (C=O) groups excluding carboxylic acids is 2. The molecule has 1 heterocycles. The summed E-state index contributed by atoms with van der Waals surface area (Å²) < 4.78 is 0. The lowest BCUT2D eigenvalue weighted by molar-refractivity contribution is -0.138. The molecule has 0 radical (unpaired) electrons. The highest BCUT2D eigenvalue weighted by Gasteiger charge is 2.20. The summed E-state index contributed by atoms with van der Waals surface area (Å²) in [6.07, 6.45) is 3.25. The van der Waals surface area contributed by atoms with Gasteiger partial charge >= 0.3 is 0 Å². The van der Waals surface area contributed by atoms with Crippen molar-refractivity contribution in [3.63, 3.8) is 0 Å². The first-order chi connectivity index (χ1) is 7.65. The second-order valence-electron chi connectivity index (χ2n) is 4.13. The summed E-state index contributed by atoms with van der Waals surface area (Å²) in [5.74, 6) is 0.534. The van der Waals surface area contributed by atoms with E-state index in [2.05, 4.69) is 0 Å². The van der Waals surface area contributed by atoms with Crippen molar-refractivity contribution in [1.82, 2.24) is 9.80 Å². The molecule has 16 heavy (non-hydrogen) atoms. The minimum atomic E-state index is -0.00630. The van der Waals surface area contributed by atoms with Crippen LogP contribution >= 0.6 is 11.6 Å². The molecule has 2 amide bonds. The maximum atomic E-state index is 11.7. The first-order valence-corrected chi connectivity index (χ1v) is 6.26. The predicted molar refractivity (Wildman–Crippen MR) is 63.4 cm³/mol. The maximum absolute atomic E-state index is 11.7. The van der Waals surface area contributed by atoms with Crippen molar-refractivity contribution < 1.29 is 9.59 Å². The van der Waals surface area contributed by atoms with E-state index < -0.39 is 0 Å². The van der Waals surface area contributed by atoms with Crippen molar-refractivity contribution in [2.24, 2.45) is 0 Å². The number of rotatable bonds is 5. The van der Waals surface area contributed by atoms with Gasteiger partial charge in [0.2, 0.25) is 11.8 Å². The minimum Gasteiger partial charge on any atom is -0.341 e. The van der Waals surface area contributed by atoms with Crippen LogP contribution in [0.4, 0.5) is 0 Å². The number of hydrogen-bond donors (Lipinski definition) is 0. The summed E-state index contributed by atoms with van der Waals surface area (Å²) >= 11 is 5.51. The van der Waals surface area contributed by atoms with Crippen LogP contribution in [-0.2, 0) is 9.59 Å². The number of carbonyl (C=O) groups is 2. The second kappa shape index (κ2) is 6.74. The molecule has 1 aliphatic heterocycles. The van der Waals surface area contributed by atoms with Crippen molar-refractivity contribution in [3.8, 4) is 0 Å². The van der Waals surface area contributed by atoms with Crippen LogP contribution in [0.25, 0.3) is 0 Å². The van der Waals surface area contributed by atoms with Crippen molar-refractivity contribution in [2.45, 2.75) is 25.7 Å². The fourth-order valence-electron chi connectivity index (χ4n) is 1.77. The van der Waals surface area contributed by atoms with Gasteiger partial charge in [0.05, 0.1) is 6.54 Å². The number of halogens is 1. The summed E-state index contributed by atoms with van der Waals surface area (Å²) in [5.41, 5.74) is 0. The molecule has 5 heteroatoms. The molecule has 4 nitrogen and oxygen atoms in total. The van der Waals surface area contributed by atoms with Crippen LogP contribution in [0.2, 0.25) is 0 Å². The van der Waals surface area contributed by atoms with Gasteiger partial charge in [-0.05, 0) is 19.3 Å². The monoisotopic (exact) mass is 246 g/mol. The Balaban J connectivity index is 2.29. The third-order valence-electron chi connectivity index (χ3n) is 2.78. The second-order valence-corrected chi connectivity index (χ2v) is 4.51. The molecule has 0 N–H and O–H groups in total. The minimum absolute atomic E-state index is 0.00630. The predicted octanol–water partition coefficient (Wildman–Crippen LogP) is 1.09. The van der Waals surface area contributed by atoms with E-state index in [0.717, 1.165) is 25.9 Å². The molecule has 0 aliphatic carbocycles. The largest absolute Gasteiger partial charge is 0.341 e. The molecule has 0 atom stereocenters. The van der Waals surface area contributed by atoms with E-state index in [4.69, 9.17) is 11.6 Å². The van der Waals surface area contributed by atoms with E-state index in [-0.39, 0.29) is 18.4 Å². The molecule has 0 aromatic carbocycles. The zero-order valence-corrected chi connectivity index (χ0v) is 10.5. The van der Waals surface area contributed by atoms with Gasteiger partial charge in [-0.15, -0.1) is 11.6 Å². The molecule has 0 aromatic rings. The van der Waals surface area contributed by atoms with E-state index in [1.807, 2.05) is 4.90 Å². The van der Waals surface area contributed by atoms with Crippen LogP contribution in [0, 0.1) is 0 Å². The lowest BCUT2D eigenvalue weighted by Gasteiger charge is -2.21. The summed E-state index contributed by atoms with van der Waals surface area (Å²) in [7, 11) is 1.67. The van der Waals surface area contributed by atoms with Crippen molar-refractivity contribution in [3.05, 3.63) is 0 Å². The van der Waals surface area contributed by atoms with Crippen LogP contribution < -0.4 is 0 Å². The van der Waals surface area contributed by atoms with E-state index in [0.29, 0.717) is 18.7 Å². The Hall–Kier alpha value is -0.770. The van der Waals surface area contributed by atoms with Gasteiger partial charge < -0.3 is 9.80 Å². The van der Waals surface area contributed by atoms with Crippen LogP contribution in [0.5, 0.6) is 0 Å². The molecule has 1 saturated heterocycles. The number of likely N-dealkylation sites (tertiary alicyclic amines) is 1. The maximum Gasteiger partial charge on any atom is 0.242 e. The lowest BCUT2D eigenvalue weighted by atomic mass is 10.3. The topological polar surface area (TPSA) is 40.6 Å². The average molecular weight is 247 g/mol. The number of likely N-dealkylation sites (N-methyl/N-ethyl adjacent to an activating group) is 1. The Bertz CT molecular complexity index is 252. The molecular formula is C11H19ClN2O2. The first-order valence-electron chi connectivity index (χ1n) is 5.73. The molecule has 1 rings (SSSR count). The number of nitrogens with zero attached hydrogens (tertiary/aromatic N) is 2. The van der Waals surface area contributed by atoms with Gasteiger partial charge in [0.25, 0.3) is 0 Å². The van der Waals surface area contributed by atoms with Crippen LogP contribution in [-0.4, -0.2) is 54.2 Å². The molecule has 1 aliphatic rings. The quantitative estimate of drug-likeness (QED) is 0.682. The highest BCUT2D eigenvalue weighted by Crippen LogP contribution is 2.08. The third-order valence-corrected chi connectivity index (χ3v) is 3.05.